The lowest BCUT2D eigenvalue weighted by Crippen LogP contribution is -2.25. The molecule has 0 atom stereocenters. The third kappa shape index (κ3) is 6.77. The second kappa shape index (κ2) is 13.0. The maximum atomic E-state index is 13.5. The normalized spacial score (nSPS) is 10.7. The summed E-state index contributed by atoms with van der Waals surface area (Å²) in [5.74, 6) is 0.266. The van der Waals surface area contributed by atoms with Crippen LogP contribution < -0.4 is 20.3 Å². The Balaban J connectivity index is 1.65. The largest absolute Gasteiger partial charge is 0.493 e. The fraction of sp³-hybridized carbons (Fsp3) is 0.241. The quantitative estimate of drug-likeness (QED) is 0.165. The molecule has 0 aliphatic heterocycles. The van der Waals surface area contributed by atoms with E-state index in [1.54, 1.807) is 47.9 Å². The van der Waals surface area contributed by atoms with Gasteiger partial charge in [0.2, 0.25) is 0 Å². The molecule has 3 aromatic carbocycles. The molecule has 0 saturated carbocycles. The van der Waals surface area contributed by atoms with Crippen LogP contribution >= 0.6 is 11.8 Å². The van der Waals surface area contributed by atoms with Gasteiger partial charge in [0.25, 0.3) is 11.5 Å². The molecule has 4 rings (SSSR count). The average Bonchev–Trinajstić information content (AvgIpc) is 2.96. The van der Waals surface area contributed by atoms with Crippen LogP contribution in [0, 0.1) is 0 Å². The predicted octanol–water partition coefficient (Wildman–Crippen LogP) is 4.56. The zero-order valence-electron chi connectivity index (χ0n) is 21.9. The van der Waals surface area contributed by atoms with Crippen molar-refractivity contribution in [3.8, 4) is 11.5 Å². The van der Waals surface area contributed by atoms with Crippen molar-refractivity contribution >= 4 is 40.2 Å². The van der Waals surface area contributed by atoms with Crippen LogP contribution in [0.5, 0.6) is 11.5 Å². The molecule has 0 radical (unpaired) electrons. The molecule has 10 heteroatoms. The van der Waals surface area contributed by atoms with Gasteiger partial charge in [0.15, 0.2) is 16.7 Å². The van der Waals surface area contributed by atoms with Gasteiger partial charge in [-0.15, -0.1) is 0 Å². The molecule has 39 heavy (non-hydrogen) atoms. The molecule has 1 heterocycles. The molecule has 0 aliphatic rings. The lowest BCUT2D eigenvalue weighted by Gasteiger charge is -2.14. The maximum Gasteiger partial charge on any atom is 0.316 e. The Morgan fingerprint density at radius 3 is 2.46 bits per heavy atom. The van der Waals surface area contributed by atoms with Gasteiger partial charge in [-0.3, -0.25) is 19.0 Å². The Morgan fingerprint density at radius 2 is 1.74 bits per heavy atom. The number of carbonyl (C=O) groups is 2. The molecule has 1 amide bonds. The maximum absolute atomic E-state index is 13.5. The Morgan fingerprint density at radius 1 is 0.974 bits per heavy atom. The van der Waals surface area contributed by atoms with Crippen LogP contribution in [0.15, 0.2) is 76.7 Å². The first-order valence-electron chi connectivity index (χ1n) is 12.3. The van der Waals surface area contributed by atoms with E-state index in [4.69, 9.17) is 14.2 Å². The molecule has 1 N–H and O–H groups in total. The summed E-state index contributed by atoms with van der Waals surface area (Å²) < 4.78 is 17.2. The number of methoxy groups -OCH3 is 2. The van der Waals surface area contributed by atoms with E-state index >= 15 is 0 Å². The molecule has 202 valence electrons. The van der Waals surface area contributed by atoms with Crippen LogP contribution in [0.25, 0.3) is 10.9 Å². The summed E-state index contributed by atoms with van der Waals surface area (Å²) in [6.07, 6.45) is 0.618. The van der Waals surface area contributed by atoms with Gasteiger partial charge in [-0.1, -0.05) is 42.1 Å². The Kier molecular flexibility index (Phi) is 9.22. The van der Waals surface area contributed by atoms with Crippen molar-refractivity contribution in [2.24, 2.45) is 0 Å². The van der Waals surface area contributed by atoms with Crippen molar-refractivity contribution < 1.29 is 23.8 Å². The Bertz CT molecular complexity index is 1540. The van der Waals surface area contributed by atoms with Crippen molar-refractivity contribution in [1.82, 2.24) is 9.55 Å². The van der Waals surface area contributed by atoms with Gasteiger partial charge in [-0.25, -0.2) is 4.98 Å². The molecule has 0 spiro atoms. The number of hydrogen-bond donors (Lipinski definition) is 1. The predicted molar refractivity (Wildman–Crippen MR) is 151 cm³/mol. The molecule has 0 aliphatic carbocycles. The third-order valence-corrected chi connectivity index (χ3v) is 6.87. The van der Waals surface area contributed by atoms with E-state index in [0.717, 1.165) is 17.3 Å². The first-order valence-corrected chi connectivity index (χ1v) is 13.3. The number of nitrogens with zero attached hydrogens (tertiary/aromatic N) is 2. The van der Waals surface area contributed by atoms with Gasteiger partial charge in [-0.2, -0.15) is 0 Å². The monoisotopic (exact) mass is 547 g/mol. The highest BCUT2D eigenvalue weighted by Crippen LogP contribution is 2.30. The number of carbonyl (C=O) groups excluding carboxylic acids is 2. The highest BCUT2D eigenvalue weighted by molar-refractivity contribution is 7.99. The first kappa shape index (κ1) is 27.7. The summed E-state index contributed by atoms with van der Waals surface area (Å²) in [5, 5.41) is 3.59. The minimum absolute atomic E-state index is 0.0105. The number of hydrogen-bond acceptors (Lipinski definition) is 8. The van der Waals surface area contributed by atoms with E-state index in [-0.39, 0.29) is 23.8 Å². The summed E-state index contributed by atoms with van der Waals surface area (Å²) in [6, 6.07) is 19.6. The molecular formula is C29H29N3O6S. The zero-order chi connectivity index (χ0) is 27.8. The summed E-state index contributed by atoms with van der Waals surface area (Å²) >= 11 is 1.13. The number of anilines is 1. The van der Waals surface area contributed by atoms with Crippen molar-refractivity contribution in [3.05, 3.63) is 88.2 Å². The van der Waals surface area contributed by atoms with Crippen LogP contribution in [0.2, 0.25) is 0 Å². The van der Waals surface area contributed by atoms with E-state index < -0.39 is 5.97 Å². The molecule has 0 saturated heterocycles. The fourth-order valence-electron chi connectivity index (χ4n) is 3.98. The number of fused-ring (bicyclic) bond motifs is 1. The average molecular weight is 548 g/mol. The minimum atomic E-state index is -0.394. The number of amides is 1. The van der Waals surface area contributed by atoms with Gasteiger partial charge >= 0.3 is 5.97 Å². The summed E-state index contributed by atoms with van der Waals surface area (Å²) in [5.41, 5.74) is 2.05. The van der Waals surface area contributed by atoms with Gasteiger partial charge in [0, 0.05) is 23.9 Å². The van der Waals surface area contributed by atoms with Crippen molar-refractivity contribution in [3.63, 3.8) is 0 Å². The number of esters is 1. The van der Waals surface area contributed by atoms with E-state index in [1.165, 1.54) is 14.2 Å². The minimum Gasteiger partial charge on any atom is -0.493 e. The van der Waals surface area contributed by atoms with E-state index in [0.29, 0.717) is 51.8 Å². The van der Waals surface area contributed by atoms with Crippen molar-refractivity contribution in [2.45, 2.75) is 25.0 Å². The fourth-order valence-corrected chi connectivity index (χ4v) is 4.80. The molecule has 0 fully saturated rings. The highest BCUT2D eigenvalue weighted by atomic mass is 32.2. The van der Waals surface area contributed by atoms with E-state index in [1.807, 2.05) is 30.3 Å². The van der Waals surface area contributed by atoms with E-state index in [9.17, 15) is 14.4 Å². The van der Waals surface area contributed by atoms with Gasteiger partial charge in [-0.05, 0) is 49.2 Å². The number of ether oxygens (including phenoxy) is 3. The number of thioether (sulfide) groups is 1. The topological polar surface area (TPSA) is 109 Å². The van der Waals surface area contributed by atoms with Gasteiger partial charge in [0.1, 0.15) is 0 Å². The zero-order valence-corrected chi connectivity index (χ0v) is 22.7. The van der Waals surface area contributed by atoms with Crippen molar-refractivity contribution in [2.75, 3.05) is 31.9 Å². The third-order valence-electron chi connectivity index (χ3n) is 5.92. The highest BCUT2D eigenvalue weighted by Gasteiger charge is 2.16. The molecule has 9 nitrogen and oxygen atoms in total. The lowest BCUT2D eigenvalue weighted by molar-refractivity contribution is -0.139. The van der Waals surface area contributed by atoms with Crippen molar-refractivity contribution in [1.29, 1.82) is 0 Å². The molecule has 1 aromatic heterocycles. The number of aryl methyl sites for hydroxylation is 1. The number of nitrogens with one attached hydrogen (secondary N) is 1. The Labute approximate surface area is 230 Å². The van der Waals surface area contributed by atoms with Crippen LogP contribution in [-0.4, -0.2) is 48.0 Å². The number of rotatable bonds is 11. The van der Waals surface area contributed by atoms with Crippen LogP contribution in [0.1, 0.15) is 22.8 Å². The van der Waals surface area contributed by atoms with Crippen LogP contribution in [0.3, 0.4) is 0 Å². The van der Waals surface area contributed by atoms with Crippen LogP contribution in [-0.2, 0) is 22.5 Å². The van der Waals surface area contributed by atoms with Gasteiger partial charge < -0.3 is 19.5 Å². The smallest absolute Gasteiger partial charge is 0.316 e. The van der Waals surface area contributed by atoms with Crippen LogP contribution in [0.4, 0.5) is 5.69 Å². The number of benzene rings is 3. The molecule has 0 unspecified atom stereocenters. The standard InChI is InChI=1S/C29H29N3O6S/c1-4-38-26(33)18-39-29-31-23-16-20(27(34)30-21-11-13-24(36-2)25(17-21)37-3)10-12-22(23)28(35)32(29)15-14-19-8-6-5-7-9-19/h5-13,16-17H,4,14-15,18H2,1-3H3,(H,30,34). The second-order valence-electron chi connectivity index (χ2n) is 8.44. The summed E-state index contributed by atoms with van der Waals surface area (Å²) in [4.78, 5) is 43.3. The Hall–Kier alpha value is -4.31. The molecular weight excluding hydrogens is 518 g/mol. The first-order chi connectivity index (χ1) is 18.9. The lowest BCUT2D eigenvalue weighted by atomic mass is 10.1. The molecule has 4 aromatic rings. The molecule has 0 bridgehead atoms. The summed E-state index contributed by atoms with van der Waals surface area (Å²) in [7, 11) is 3.05. The SMILES string of the molecule is CCOC(=O)CSc1nc2cc(C(=O)Nc3ccc(OC)c(OC)c3)ccc2c(=O)n1CCc1ccccc1. The van der Waals surface area contributed by atoms with Gasteiger partial charge in [0.05, 0.1) is 37.5 Å². The number of aromatic nitrogens is 2. The summed E-state index contributed by atoms with van der Waals surface area (Å²) in [6.45, 7) is 2.39. The van der Waals surface area contributed by atoms with E-state index in [2.05, 4.69) is 10.3 Å². The second-order valence-corrected chi connectivity index (χ2v) is 9.38.